The maximum Gasteiger partial charge on any atom is 0.328 e. The second kappa shape index (κ2) is 14.7. The monoisotopic (exact) mass is 445 g/mol. The van der Waals surface area contributed by atoms with Crippen LogP contribution in [0.3, 0.4) is 0 Å². The van der Waals surface area contributed by atoms with E-state index >= 15 is 0 Å². The van der Waals surface area contributed by atoms with E-state index in [2.05, 4.69) is 16.0 Å². The molecule has 31 heavy (non-hydrogen) atoms. The Bertz CT molecular complexity index is 599. The molecule has 0 spiro atoms. The summed E-state index contributed by atoms with van der Waals surface area (Å²) in [5, 5.41) is 25.6. The molecule has 4 unspecified atom stereocenters. The van der Waals surface area contributed by atoms with Gasteiger partial charge in [-0.05, 0) is 37.6 Å². The molecule has 0 heterocycles. The van der Waals surface area contributed by atoms with Gasteiger partial charge in [0.2, 0.25) is 17.7 Å². The van der Waals surface area contributed by atoms with E-state index in [4.69, 9.17) is 21.7 Å². The van der Waals surface area contributed by atoms with Crippen LogP contribution in [-0.4, -0.2) is 71.2 Å². The number of hydrogen-bond acceptors (Lipinski definition) is 7. The third-order valence-electron chi connectivity index (χ3n) is 4.69. The second-order valence-corrected chi connectivity index (χ2v) is 8.39. The Hall–Kier alpha value is -2.24. The molecule has 11 heteroatoms. The number of aliphatic hydroxyl groups is 1. The minimum atomic E-state index is -1.48. The van der Waals surface area contributed by atoms with Gasteiger partial charge in [0.15, 0.2) is 0 Å². The lowest BCUT2D eigenvalue weighted by Gasteiger charge is -2.27. The summed E-state index contributed by atoms with van der Waals surface area (Å²) in [7, 11) is 0. The number of aliphatic carboxylic acids is 1. The maximum absolute atomic E-state index is 12.9. The predicted molar refractivity (Wildman–Crippen MR) is 116 cm³/mol. The number of unbranched alkanes of at least 4 members (excludes halogenated alkanes) is 1. The molecule has 0 bridgehead atoms. The first kappa shape index (κ1) is 28.8. The molecule has 0 aliphatic rings. The lowest BCUT2D eigenvalue weighted by atomic mass is 9.99. The van der Waals surface area contributed by atoms with Gasteiger partial charge in [-0.3, -0.25) is 14.4 Å². The highest BCUT2D eigenvalue weighted by Gasteiger charge is 2.31. The molecular weight excluding hydrogens is 406 g/mol. The van der Waals surface area contributed by atoms with E-state index < -0.39 is 54.5 Å². The van der Waals surface area contributed by atoms with Crippen LogP contribution in [0.25, 0.3) is 0 Å². The Morgan fingerprint density at radius 2 is 1.45 bits per heavy atom. The number of carboxylic acids is 1. The number of hydrogen-bond donors (Lipinski definition) is 7. The Morgan fingerprint density at radius 1 is 0.871 bits per heavy atom. The van der Waals surface area contributed by atoms with Crippen molar-refractivity contribution in [1.29, 1.82) is 0 Å². The molecule has 0 saturated heterocycles. The Balaban J connectivity index is 5.24. The largest absolute Gasteiger partial charge is 0.480 e. The molecule has 0 radical (unpaired) electrons. The summed E-state index contributed by atoms with van der Waals surface area (Å²) in [5.41, 5.74) is 11.3. The van der Waals surface area contributed by atoms with Gasteiger partial charge in [-0.1, -0.05) is 34.1 Å². The molecule has 4 atom stereocenters. The SMILES string of the molecule is CC(C)CC(NC(=O)C(NC(=O)C(N)CCCCN)C(C)C)C(=O)NC(CO)C(=O)O. The Morgan fingerprint density at radius 3 is 1.90 bits per heavy atom. The minimum Gasteiger partial charge on any atom is -0.480 e. The Labute approximate surface area is 183 Å². The third kappa shape index (κ3) is 11.1. The summed E-state index contributed by atoms with van der Waals surface area (Å²) < 4.78 is 0. The molecule has 0 fully saturated rings. The number of amides is 3. The lowest BCUT2D eigenvalue weighted by molar-refractivity contribution is -0.143. The molecule has 180 valence electrons. The molecule has 0 saturated carbocycles. The van der Waals surface area contributed by atoms with Gasteiger partial charge >= 0.3 is 5.97 Å². The van der Waals surface area contributed by atoms with Gasteiger partial charge in [0.1, 0.15) is 18.1 Å². The van der Waals surface area contributed by atoms with E-state index in [0.29, 0.717) is 19.4 Å². The molecule has 0 rings (SSSR count). The predicted octanol–water partition coefficient (Wildman–Crippen LogP) is -1.32. The zero-order valence-electron chi connectivity index (χ0n) is 18.9. The third-order valence-corrected chi connectivity index (χ3v) is 4.69. The van der Waals surface area contributed by atoms with Crippen molar-refractivity contribution in [3.8, 4) is 0 Å². The summed E-state index contributed by atoms with van der Waals surface area (Å²) in [4.78, 5) is 48.9. The van der Waals surface area contributed by atoms with Crippen LogP contribution >= 0.6 is 0 Å². The van der Waals surface area contributed by atoms with E-state index in [1.165, 1.54) is 0 Å². The maximum atomic E-state index is 12.9. The van der Waals surface area contributed by atoms with Gasteiger partial charge in [-0.2, -0.15) is 0 Å². The molecule has 9 N–H and O–H groups in total. The van der Waals surface area contributed by atoms with Crippen molar-refractivity contribution >= 4 is 23.7 Å². The van der Waals surface area contributed by atoms with Crippen LogP contribution in [0, 0.1) is 11.8 Å². The number of nitrogens with one attached hydrogen (secondary N) is 3. The van der Waals surface area contributed by atoms with Gasteiger partial charge in [0.05, 0.1) is 12.6 Å². The van der Waals surface area contributed by atoms with Gasteiger partial charge in [0, 0.05) is 0 Å². The molecule has 0 aliphatic heterocycles. The minimum absolute atomic E-state index is 0.0107. The fourth-order valence-electron chi connectivity index (χ4n) is 2.86. The van der Waals surface area contributed by atoms with Gasteiger partial charge in [-0.15, -0.1) is 0 Å². The first-order chi connectivity index (χ1) is 14.4. The number of carboxylic acid groups (broad SMARTS) is 1. The molecular formula is C20H39N5O6. The zero-order chi connectivity index (χ0) is 24.1. The van der Waals surface area contributed by atoms with Crippen molar-refractivity contribution in [2.75, 3.05) is 13.2 Å². The fourth-order valence-corrected chi connectivity index (χ4v) is 2.86. The number of carbonyl (C=O) groups excluding carboxylic acids is 3. The van der Waals surface area contributed by atoms with Crippen molar-refractivity contribution in [2.45, 2.75) is 77.5 Å². The van der Waals surface area contributed by atoms with Crippen molar-refractivity contribution in [3.63, 3.8) is 0 Å². The quantitative estimate of drug-likeness (QED) is 0.150. The number of carbonyl (C=O) groups is 4. The standard InChI is InChI=1S/C20H39N5O6/c1-11(2)9-14(18(28)24-15(10-26)20(30)31)23-19(29)16(12(3)4)25-17(27)13(22)7-5-6-8-21/h11-16,26H,5-10,21-22H2,1-4H3,(H,23,29)(H,24,28)(H,25,27)(H,30,31). The molecule has 0 aromatic heterocycles. The van der Waals surface area contributed by atoms with Crippen LogP contribution in [0.1, 0.15) is 53.4 Å². The average Bonchev–Trinajstić information content (AvgIpc) is 2.68. The fraction of sp³-hybridized carbons (Fsp3) is 0.800. The number of aliphatic hydroxyl groups excluding tert-OH is 1. The summed E-state index contributed by atoms with van der Waals surface area (Å²) in [6, 6.07) is -4.22. The molecule has 0 aliphatic carbocycles. The van der Waals surface area contributed by atoms with Gasteiger partial charge in [-0.25, -0.2) is 4.79 Å². The van der Waals surface area contributed by atoms with Crippen molar-refractivity contribution < 1.29 is 29.4 Å². The molecule has 0 aromatic rings. The normalized spacial score (nSPS) is 15.1. The first-order valence-corrected chi connectivity index (χ1v) is 10.6. The summed E-state index contributed by atoms with van der Waals surface area (Å²) in [6.07, 6.45) is 2.11. The summed E-state index contributed by atoms with van der Waals surface area (Å²) >= 11 is 0. The van der Waals surface area contributed by atoms with E-state index in [0.717, 1.165) is 6.42 Å². The topological polar surface area (TPSA) is 197 Å². The van der Waals surface area contributed by atoms with Crippen LogP contribution in [0.5, 0.6) is 0 Å². The smallest absolute Gasteiger partial charge is 0.328 e. The van der Waals surface area contributed by atoms with E-state index in [9.17, 15) is 19.2 Å². The Kier molecular flexibility index (Phi) is 13.6. The van der Waals surface area contributed by atoms with E-state index in [1.807, 2.05) is 13.8 Å². The van der Waals surface area contributed by atoms with Crippen molar-refractivity contribution in [1.82, 2.24) is 16.0 Å². The highest BCUT2D eigenvalue weighted by molar-refractivity contribution is 5.94. The van der Waals surface area contributed by atoms with Gasteiger partial charge in [0.25, 0.3) is 0 Å². The van der Waals surface area contributed by atoms with Crippen LogP contribution in [0.4, 0.5) is 0 Å². The lowest BCUT2D eigenvalue weighted by Crippen LogP contribution is -2.58. The molecule has 3 amide bonds. The highest BCUT2D eigenvalue weighted by Crippen LogP contribution is 2.09. The number of rotatable bonds is 15. The summed E-state index contributed by atoms with van der Waals surface area (Å²) in [5.74, 6) is -3.43. The first-order valence-electron chi connectivity index (χ1n) is 10.6. The average molecular weight is 446 g/mol. The summed E-state index contributed by atoms with van der Waals surface area (Å²) in [6.45, 7) is 6.90. The molecule has 0 aromatic carbocycles. The molecule has 11 nitrogen and oxygen atoms in total. The second-order valence-electron chi connectivity index (χ2n) is 8.39. The van der Waals surface area contributed by atoms with Crippen LogP contribution in [0.15, 0.2) is 0 Å². The number of nitrogens with two attached hydrogens (primary N) is 2. The van der Waals surface area contributed by atoms with E-state index in [1.54, 1.807) is 13.8 Å². The van der Waals surface area contributed by atoms with E-state index in [-0.39, 0.29) is 18.3 Å². The van der Waals surface area contributed by atoms with Crippen molar-refractivity contribution in [3.05, 3.63) is 0 Å². The zero-order valence-corrected chi connectivity index (χ0v) is 18.9. The van der Waals surface area contributed by atoms with Crippen LogP contribution in [0.2, 0.25) is 0 Å². The highest BCUT2D eigenvalue weighted by atomic mass is 16.4. The van der Waals surface area contributed by atoms with Gasteiger partial charge < -0.3 is 37.6 Å². The van der Waals surface area contributed by atoms with Crippen LogP contribution in [-0.2, 0) is 19.2 Å². The van der Waals surface area contributed by atoms with Crippen molar-refractivity contribution in [2.24, 2.45) is 23.3 Å². The van der Waals surface area contributed by atoms with Crippen LogP contribution < -0.4 is 27.4 Å².